The first-order valence-corrected chi connectivity index (χ1v) is 13.4. The summed E-state index contributed by atoms with van der Waals surface area (Å²) in [5.41, 5.74) is 7.29. The lowest BCUT2D eigenvalue weighted by atomic mass is 9.48. The molecule has 0 spiro atoms. The second-order valence-corrected chi connectivity index (χ2v) is 12.5. The molecule has 2 aromatic heterocycles. The molecule has 0 unspecified atom stereocenters. The molecule has 3 heteroatoms. The summed E-state index contributed by atoms with van der Waals surface area (Å²) in [6.07, 6.45) is 13.0. The lowest BCUT2D eigenvalue weighted by Crippen LogP contribution is -2.48. The molecule has 0 saturated heterocycles. The van der Waals surface area contributed by atoms with Gasteiger partial charge in [-0.25, -0.2) is 4.57 Å². The first kappa shape index (κ1) is 19.0. The van der Waals surface area contributed by atoms with E-state index in [1.807, 2.05) is 18.0 Å². The molecule has 0 atom stereocenters. The summed E-state index contributed by atoms with van der Waals surface area (Å²) >= 11 is 1.98. The third-order valence-corrected chi connectivity index (χ3v) is 10.5. The number of benzene rings is 2. The van der Waals surface area contributed by atoms with Gasteiger partial charge in [-0.05, 0) is 103 Å². The van der Waals surface area contributed by atoms with Crippen molar-refractivity contribution in [1.82, 2.24) is 4.98 Å². The highest BCUT2D eigenvalue weighted by atomic mass is 32.2. The predicted molar refractivity (Wildman–Crippen MR) is 135 cm³/mol. The summed E-state index contributed by atoms with van der Waals surface area (Å²) in [6.45, 7) is 2.27. The summed E-state index contributed by atoms with van der Waals surface area (Å²) in [6, 6.07) is 14.1. The monoisotopic (exact) mass is 449 g/mol. The molecule has 4 bridgehead atoms. The van der Waals surface area contributed by atoms with Crippen LogP contribution < -0.4 is 4.57 Å². The Hall–Kier alpha value is -2.39. The quantitative estimate of drug-likeness (QED) is 0.253. The van der Waals surface area contributed by atoms with Gasteiger partial charge in [-0.1, -0.05) is 23.9 Å². The minimum Gasteiger partial charge on any atom is -0.256 e. The summed E-state index contributed by atoms with van der Waals surface area (Å²) in [5, 5.41) is 4.13. The smallest absolute Gasteiger partial charge is 0.222 e. The van der Waals surface area contributed by atoms with Crippen LogP contribution in [0.4, 0.5) is 0 Å². The maximum absolute atomic E-state index is 4.70. The van der Waals surface area contributed by atoms with Crippen LogP contribution in [-0.2, 0) is 12.5 Å². The van der Waals surface area contributed by atoms with Crippen molar-refractivity contribution in [3.05, 3.63) is 59.9 Å². The average Bonchev–Trinajstić information content (AvgIpc) is 2.80. The lowest BCUT2D eigenvalue weighted by Gasteiger charge is -2.57. The molecule has 164 valence electrons. The molecule has 0 amide bonds. The molecule has 4 aliphatic carbocycles. The summed E-state index contributed by atoms with van der Waals surface area (Å²) < 4.78 is 2.34. The van der Waals surface area contributed by atoms with Crippen molar-refractivity contribution < 1.29 is 4.57 Å². The number of rotatable bonds is 1. The normalized spacial score (nSPS) is 29.1. The molecule has 0 N–H and O–H groups in total. The van der Waals surface area contributed by atoms with Crippen molar-refractivity contribution in [3.8, 4) is 11.3 Å². The second kappa shape index (κ2) is 6.39. The van der Waals surface area contributed by atoms with E-state index in [-0.39, 0.29) is 0 Å². The van der Waals surface area contributed by atoms with E-state index >= 15 is 0 Å². The maximum Gasteiger partial charge on any atom is 0.222 e. The Labute approximate surface area is 199 Å². The number of hydrogen-bond donors (Lipinski definition) is 0. The van der Waals surface area contributed by atoms with Crippen molar-refractivity contribution in [3.63, 3.8) is 0 Å². The van der Waals surface area contributed by atoms with E-state index in [9.17, 15) is 0 Å². The highest BCUT2D eigenvalue weighted by Gasteiger charge is 2.51. The number of aryl methyl sites for hydroxylation is 2. The molecule has 4 aromatic rings. The van der Waals surface area contributed by atoms with Crippen LogP contribution in [0.15, 0.2) is 58.6 Å². The van der Waals surface area contributed by atoms with Crippen LogP contribution in [0.25, 0.3) is 32.9 Å². The van der Waals surface area contributed by atoms with Crippen molar-refractivity contribution in [2.45, 2.75) is 60.7 Å². The van der Waals surface area contributed by atoms with Crippen LogP contribution in [-0.4, -0.2) is 4.98 Å². The SMILES string of the molecule is Cc1c2c(cc3ncccc13)Sc1cc(C34CC5CC(CC(C5)C3)C4)cc3cc[n+](C)c-2c13. The van der Waals surface area contributed by atoms with Crippen LogP contribution in [0.1, 0.15) is 49.7 Å². The molecule has 3 heterocycles. The predicted octanol–water partition coefficient (Wildman–Crippen LogP) is 7.12. The van der Waals surface area contributed by atoms with E-state index in [0.717, 1.165) is 23.3 Å². The molecule has 4 fully saturated rings. The fourth-order valence-corrected chi connectivity index (χ4v) is 9.74. The molecule has 33 heavy (non-hydrogen) atoms. The summed E-state index contributed by atoms with van der Waals surface area (Å²) in [7, 11) is 2.21. The first-order valence-electron chi connectivity index (χ1n) is 12.6. The van der Waals surface area contributed by atoms with E-state index in [0.29, 0.717) is 5.41 Å². The highest BCUT2D eigenvalue weighted by molar-refractivity contribution is 7.99. The van der Waals surface area contributed by atoms with E-state index in [4.69, 9.17) is 4.98 Å². The molecule has 2 aromatic carbocycles. The molecular formula is C30H29N2S+. The van der Waals surface area contributed by atoms with Gasteiger partial charge in [0.1, 0.15) is 7.05 Å². The molecule has 4 saturated carbocycles. The van der Waals surface area contributed by atoms with Crippen LogP contribution in [0.5, 0.6) is 0 Å². The molecule has 5 aliphatic rings. The van der Waals surface area contributed by atoms with Crippen LogP contribution in [0.2, 0.25) is 0 Å². The van der Waals surface area contributed by atoms with E-state index < -0.39 is 0 Å². The largest absolute Gasteiger partial charge is 0.256 e. The van der Waals surface area contributed by atoms with Gasteiger partial charge in [-0.15, -0.1) is 0 Å². The molecule has 0 radical (unpaired) electrons. The first-order chi connectivity index (χ1) is 16.1. The van der Waals surface area contributed by atoms with Gasteiger partial charge in [0, 0.05) is 27.4 Å². The Morgan fingerprint density at radius 2 is 1.73 bits per heavy atom. The standard InChI is InChI=1S/C30H29N2S/c1-17-23-4-3-6-31-24(23)13-26-27(17)29-28-21(5-7-32(29)2)11-22(12-25(28)33-26)30-14-18-8-19(15-30)10-20(9-18)16-30/h3-7,11-13,18-20H,8-10,14-16H2,1-2H3/q+1. The van der Waals surface area contributed by atoms with E-state index in [2.05, 4.69) is 61.1 Å². The van der Waals surface area contributed by atoms with Gasteiger partial charge < -0.3 is 0 Å². The average molecular weight is 450 g/mol. The number of nitrogens with zero attached hydrogens (tertiary/aromatic N) is 2. The van der Waals surface area contributed by atoms with Crippen LogP contribution in [0.3, 0.4) is 0 Å². The van der Waals surface area contributed by atoms with Crippen molar-refractivity contribution in [1.29, 1.82) is 0 Å². The van der Waals surface area contributed by atoms with Gasteiger partial charge in [0.2, 0.25) is 5.69 Å². The Bertz CT molecular complexity index is 1470. The third kappa shape index (κ3) is 2.52. The minimum atomic E-state index is 0.430. The molecule has 1 aliphatic heterocycles. The van der Waals surface area contributed by atoms with Crippen LogP contribution >= 0.6 is 11.8 Å². The maximum atomic E-state index is 4.70. The Morgan fingerprint density at radius 1 is 0.970 bits per heavy atom. The van der Waals surface area contributed by atoms with Gasteiger partial charge in [-0.2, -0.15) is 0 Å². The van der Waals surface area contributed by atoms with E-state index in [1.165, 1.54) is 81.3 Å². The number of pyridine rings is 2. The van der Waals surface area contributed by atoms with Gasteiger partial charge >= 0.3 is 0 Å². The van der Waals surface area contributed by atoms with Gasteiger partial charge in [0.05, 0.1) is 16.5 Å². The number of aromatic nitrogens is 2. The Balaban J connectivity index is 1.39. The number of fused-ring (bicyclic) bond motifs is 3. The van der Waals surface area contributed by atoms with Gasteiger partial charge in [-0.3, -0.25) is 4.98 Å². The molecular weight excluding hydrogens is 420 g/mol. The number of hydrogen-bond acceptors (Lipinski definition) is 2. The highest BCUT2D eigenvalue weighted by Crippen LogP contribution is 2.61. The Morgan fingerprint density at radius 3 is 2.48 bits per heavy atom. The van der Waals surface area contributed by atoms with Crippen molar-refractivity contribution in [2.75, 3.05) is 0 Å². The summed E-state index contributed by atoms with van der Waals surface area (Å²) in [4.78, 5) is 7.51. The van der Waals surface area contributed by atoms with Crippen LogP contribution in [0, 0.1) is 24.7 Å². The fraction of sp³-hybridized carbons (Fsp3) is 0.400. The van der Waals surface area contributed by atoms with Gasteiger partial charge in [0.25, 0.3) is 0 Å². The Kier molecular flexibility index (Phi) is 3.67. The minimum absolute atomic E-state index is 0.430. The van der Waals surface area contributed by atoms with Crippen molar-refractivity contribution in [2.24, 2.45) is 24.8 Å². The zero-order chi connectivity index (χ0) is 21.9. The van der Waals surface area contributed by atoms with Crippen molar-refractivity contribution >= 4 is 33.4 Å². The third-order valence-electron chi connectivity index (χ3n) is 9.44. The van der Waals surface area contributed by atoms with Gasteiger partial charge in [0.15, 0.2) is 6.20 Å². The topological polar surface area (TPSA) is 16.8 Å². The molecule has 9 rings (SSSR count). The second-order valence-electron chi connectivity index (χ2n) is 11.5. The zero-order valence-corrected chi connectivity index (χ0v) is 20.2. The zero-order valence-electron chi connectivity index (χ0n) is 19.4. The summed E-state index contributed by atoms with van der Waals surface area (Å²) in [5.74, 6) is 2.92. The fourth-order valence-electron chi connectivity index (χ4n) is 8.48. The molecule has 2 nitrogen and oxygen atoms in total. The lowest BCUT2D eigenvalue weighted by molar-refractivity contribution is -0.659. The van der Waals surface area contributed by atoms with E-state index in [1.54, 1.807) is 5.56 Å².